The van der Waals surface area contributed by atoms with Crippen molar-refractivity contribution in [2.45, 2.75) is 46.2 Å². The summed E-state index contributed by atoms with van der Waals surface area (Å²) in [6, 6.07) is 0.0965. The van der Waals surface area contributed by atoms with Crippen LogP contribution in [0.4, 0.5) is 0 Å². The summed E-state index contributed by atoms with van der Waals surface area (Å²) in [7, 11) is 0. The SMILES string of the molecule is CC(C)CC(CN)CC(=O)NC(C)Cn1ccnc1. The Balaban J connectivity index is 2.33. The number of rotatable bonds is 8. The monoisotopic (exact) mass is 266 g/mol. The van der Waals surface area contributed by atoms with Gasteiger partial charge >= 0.3 is 0 Å². The summed E-state index contributed by atoms with van der Waals surface area (Å²) >= 11 is 0. The molecule has 19 heavy (non-hydrogen) atoms. The van der Waals surface area contributed by atoms with Gasteiger partial charge in [-0.25, -0.2) is 4.98 Å². The van der Waals surface area contributed by atoms with E-state index in [0.29, 0.717) is 18.9 Å². The molecule has 5 nitrogen and oxygen atoms in total. The smallest absolute Gasteiger partial charge is 0.220 e. The van der Waals surface area contributed by atoms with Gasteiger partial charge in [0.1, 0.15) is 0 Å². The quantitative estimate of drug-likeness (QED) is 0.747. The van der Waals surface area contributed by atoms with E-state index in [9.17, 15) is 4.79 Å². The zero-order valence-corrected chi connectivity index (χ0v) is 12.2. The first kappa shape index (κ1) is 15.7. The molecule has 0 saturated heterocycles. The van der Waals surface area contributed by atoms with Crippen LogP contribution in [0.15, 0.2) is 18.7 Å². The Kier molecular flexibility index (Phi) is 6.56. The maximum atomic E-state index is 11.9. The summed E-state index contributed by atoms with van der Waals surface area (Å²) in [6.07, 6.45) is 6.90. The van der Waals surface area contributed by atoms with Crippen molar-refractivity contribution in [2.24, 2.45) is 17.6 Å². The molecule has 0 bridgehead atoms. The molecule has 0 spiro atoms. The molecule has 1 aromatic heterocycles. The molecule has 2 unspecified atom stereocenters. The standard InChI is InChI=1S/C14H26N4O/c1-11(2)6-13(8-15)7-14(19)17-12(3)9-18-5-4-16-10-18/h4-5,10-13H,6-9,15H2,1-3H3,(H,17,19). The molecule has 0 aliphatic carbocycles. The highest BCUT2D eigenvalue weighted by molar-refractivity contribution is 5.76. The molecule has 0 aliphatic heterocycles. The first-order chi connectivity index (χ1) is 9.01. The van der Waals surface area contributed by atoms with Gasteiger partial charge in [-0.3, -0.25) is 4.79 Å². The van der Waals surface area contributed by atoms with Crippen LogP contribution >= 0.6 is 0 Å². The Morgan fingerprint density at radius 1 is 1.42 bits per heavy atom. The van der Waals surface area contributed by atoms with Crippen LogP contribution in [-0.4, -0.2) is 28.0 Å². The summed E-state index contributed by atoms with van der Waals surface area (Å²) in [5.74, 6) is 0.939. The Morgan fingerprint density at radius 3 is 2.68 bits per heavy atom. The van der Waals surface area contributed by atoms with E-state index in [1.165, 1.54) is 0 Å². The molecule has 5 heteroatoms. The minimum atomic E-state index is 0.0868. The molecule has 2 atom stereocenters. The lowest BCUT2D eigenvalue weighted by Crippen LogP contribution is -2.37. The van der Waals surface area contributed by atoms with Crippen molar-refractivity contribution in [3.8, 4) is 0 Å². The first-order valence-corrected chi connectivity index (χ1v) is 6.96. The average Bonchev–Trinajstić information content (AvgIpc) is 2.79. The maximum Gasteiger partial charge on any atom is 0.220 e. The molecule has 0 aliphatic rings. The van der Waals surface area contributed by atoms with Crippen LogP contribution in [0.3, 0.4) is 0 Å². The van der Waals surface area contributed by atoms with E-state index in [2.05, 4.69) is 24.1 Å². The number of hydrogen-bond acceptors (Lipinski definition) is 3. The van der Waals surface area contributed by atoms with E-state index in [4.69, 9.17) is 5.73 Å². The number of imidazole rings is 1. The second-order valence-corrected chi connectivity index (χ2v) is 5.66. The van der Waals surface area contributed by atoms with Crippen LogP contribution in [0.5, 0.6) is 0 Å². The molecule has 1 aromatic rings. The topological polar surface area (TPSA) is 72.9 Å². The van der Waals surface area contributed by atoms with E-state index in [-0.39, 0.29) is 17.9 Å². The summed E-state index contributed by atoms with van der Waals surface area (Å²) < 4.78 is 1.96. The van der Waals surface area contributed by atoms with Crippen LogP contribution in [-0.2, 0) is 11.3 Å². The van der Waals surface area contributed by atoms with Gasteiger partial charge in [-0.2, -0.15) is 0 Å². The van der Waals surface area contributed by atoms with E-state index in [1.54, 1.807) is 12.5 Å². The molecular formula is C14H26N4O. The van der Waals surface area contributed by atoms with Gasteiger partial charge in [-0.05, 0) is 31.7 Å². The largest absolute Gasteiger partial charge is 0.352 e. The van der Waals surface area contributed by atoms with Crippen molar-refractivity contribution >= 4 is 5.91 Å². The fourth-order valence-corrected chi connectivity index (χ4v) is 2.28. The highest BCUT2D eigenvalue weighted by atomic mass is 16.1. The van der Waals surface area contributed by atoms with Crippen molar-refractivity contribution in [3.05, 3.63) is 18.7 Å². The van der Waals surface area contributed by atoms with Gasteiger partial charge in [0, 0.05) is 31.4 Å². The van der Waals surface area contributed by atoms with Crippen LogP contribution in [0.2, 0.25) is 0 Å². The number of aromatic nitrogens is 2. The van der Waals surface area contributed by atoms with E-state index in [1.807, 2.05) is 17.7 Å². The zero-order valence-electron chi connectivity index (χ0n) is 12.2. The molecule has 3 N–H and O–H groups in total. The van der Waals surface area contributed by atoms with Gasteiger partial charge in [0.15, 0.2) is 0 Å². The normalized spacial score (nSPS) is 14.4. The number of hydrogen-bond donors (Lipinski definition) is 2. The van der Waals surface area contributed by atoms with Crippen molar-refractivity contribution in [1.82, 2.24) is 14.9 Å². The molecule has 1 heterocycles. The fourth-order valence-electron chi connectivity index (χ4n) is 2.28. The first-order valence-electron chi connectivity index (χ1n) is 6.96. The number of nitrogens with one attached hydrogen (secondary N) is 1. The Hall–Kier alpha value is -1.36. The number of carbonyl (C=O) groups is 1. The third-order valence-electron chi connectivity index (χ3n) is 3.06. The number of nitrogens with zero attached hydrogens (tertiary/aromatic N) is 2. The summed E-state index contributed by atoms with van der Waals surface area (Å²) in [6.45, 7) is 7.62. The van der Waals surface area contributed by atoms with Crippen molar-refractivity contribution in [1.29, 1.82) is 0 Å². The molecule has 1 rings (SSSR count). The third kappa shape index (κ3) is 6.38. The van der Waals surface area contributed by atoms with Crippen LogP contribution in [0, 0.1) is 11.8 Å². The second kappa shape index (κ2) is 7.94. The van der Waals surface area contributed by atoms with Gasteiger partial charge in [0.2, 0.25) is 5.91 Å². The molecular weight excluding hydrogens is 240 g/mol. The minimum Gasteiger partial charge on any atom is -0.352 e. The Labute approximate surface area is 115 Å². The van der Waals surface area contributed by atoms with Crippen molar-refractivity contribution in [3.63, 3.8) is 0 Å². The van der Waals surface area contributed by atoms with Gasteiger partial charge in [0.05, 0.1) is 6.33 Å². The van der Waals surface area contributed by atoms with Gasteiger partial charge < -0.3 is 15.6 Å². The summed E-state index contributed by atoms with van der Waals surface area (Å²) in [5, 5.41) is 3.01. The van der Waals surface area contributed by atoms with Crippen molar-refractivity contribution in [2.75, 3.05) is 6.54 Å². The second-order valence-electron chi connectivity index (χ2n) is 5.66. The summed E-state index contributed by atoms with van der Waals surface area (Å²) in [4.78, 5) is 15.9. The highest BCUT2D eigenvalue weighted by Crippen LogP contribution is 2.14. The predicted molar refractivity (Wildman–Crippen MR) is 76.4 cm³/mol. The lowest BCUT2D eigenvalue weighted by Gasteiger charge is -2.19. The summed E-state index contributed by atoms with van der Waals surface area (Å²) in [5.41, 5.74) is 5.72. The van der Waals surface area contributed by atoms with E-state index in [0.717, 1.165) is 13.0 Å². The van der Waals surface area contributed by atoms with Crippen molar-refractivity contribution < 1.29 is 4.79 Å². The molecule has 0 aromatic carbocycles. The molecule has 1 amide bonds. The molecule has 0 radical (unpaired) electrons. The van der Waals surface area contributed by atoms with E-state index < -0.39 is 0 Å². The van der Waals surface area contributed by atoms with Gasteiger partial charge in [-0.15, -0.1) is 0 Å². The lowest BCUT2D eigenvalue weighted by atomic mass is 9.94. The van der Waals surface area contributed by atoms with Crippen LogP contribution < -0.4 is 11.1 Å². The fraction of sp³-hybridized carbons (Fsp3) is 0.714. The number of nitrogens with two attached hydrogens (primary N) is 1. The predicted octanol–water partition coefficient (Wildman–Crippen LogP) is 1.40. The van der Waals surface area contributed by atoms with Gasteiger partial charge in [-0.1, -0.05) is 13.8 Å². The minimum absolute atomic E-state index is 0.0868. The molecule has 0 fully saturated rings. The average molecular weight is 266 g/mol. The van der Waals surface area contributed by atoms with Gasteiger partial charge in [0.25, 0.3) is 0 Å². The maximum absolute atomic E-state index is 11.9. The Morgan fingerprint density at radius 2 is 2.16 bits per heavy atom. The van der Waals surface area contributed by atoms with Crippen LogP contribution in [0.1, 0.15) is 33.6 Å². The lowest BCUT2D eigenvalue weighted by molar-refractivity contribution is -0.122. The highest BCUT2D eigenvalue weighted by Gasteiger charge is 2.15. The third-order valence-corrected chi connectivity index (χ3v) is 3.06. The molecule has 0 saturated carbocycles. The van der Waals surface area contributed by atoms with Crippen LogP contribution in [0.25, 0.3) is 0 Å². The number of amides is 1. The zero-order chi connectivity index (χ0) is 14.3. The van der Waals surface area contributed by atoms with E-state index >= 15 is 0 Å². The molecule has 108 valence electrons. The number of carbonyl (C=O) groups excluding carboxylic acids is 1. The Bertz CT molecular complexity index is 362.